The minimum Gasteiger partial charge on any atom is -0.497 e. The van der Waals surface area contributed by atoms with Gasteiger partial charge in [-0.25, -0.2) is 4.99 Å². The lowest BCUT2D eigenvalue weighted by Crippen LogP contribution is -2.42. The summed E-state index contributed by atoms with van der Waals surface area (Å²) in [5.41, 5.74) is 10.6. The number of ether oxygens (including phenoxy) is 1. The lowest BCUT2D eigenvalue weighted by molar-refractivity contribution is -0.118. The van der Waals surface area contributed by atoms with Gasteiger partial charge in [-0.15, -0.1) is 0 Å². The molecular formula is C26H24N4O2. The van der Waals surface area contributed by atoms with Crippen molar-refractivity contribution in [1.82, 2.24) is 0 Å². The maximum Gasteiger partial charge on any atom is 0.162 e. The van der Waals surface area contributed by atoms with Crippen LogP contribution in [-0.2, 0) is 4.79 Å². The maximum absolute atomic E-state index is 13.6. The molecule has 0 amide bonds. The molecule has 0 spiro atoms. The number of hydrogen-bond donors (Lipinski definition) is 1. The van der Waals surface area contributed by atoms with E-state index in [0.29, 0.717) is 41.4 Å². The van der Waals surface area contributed by atoms with E-state index in [2.05, 4.69) is 24.9 Å². The van der Waals surface area contributed by atoms with Crippen molar-refractivity contribution in [3.8, 4) is 11.8 Å². The molecule has 0 saturated carbocycles. The first-order valence-corrected chi connectivity index (χ1v) is 10.6. The van der Waals surface area contributed by atoms with Crippen molar-refractivity contribution in [2.45, 2.75) is 32.6 Å². The molecule has 2 aliphatic heterocycles. The molecule has 1 aliphatic carbocycles. The smallest absolute Gasteiger partial charge is 0.162 e. The van der Waals surface area contributed by atoms with E-state index >= 15 is 0 Å². The highest BCUT2D eigenvalue weighted by molar-refractivity contribution is 6.08. The van der Waals surface area contributed by atoms with Crippen LogP contribution in [0.3, 0.4) is 0 Å². The second kappa shape index (κ2) is 7.10. The first-order chi connectivity index (χ1) is 15.3. The van der Waals surface area contributed by atoms with Crippen LogP contribution in [0.5, 0.6) is 5.75 Å². The molecule has 5 rings (SSSR count). The molecule has 1 atom stereocenters. The Morgan fingerprint density at radius 3 is 2.72 bits per heavy atom. The minimum atomic E-state index is -0.512. The number of fused-ring (bicyclic) bond motifs is 4. The third-order valence-corrected chi connectivity index (χ3v) is 6.39. The van der Waals surface area contributed by atoms with Crippen molar-refractivity contribution in [2.24, 2.45) is 16.1 Å². The third kappa shape index (κ3) is 2.93. The Labute approximate surface area is 187 Å². The van der Waals surface area contributed by atoms with E-state index in [0.717, 1.165) is 22.5 Å². The molecule has 2 N–H and O–H groups in total. The molecule has 2 aromatic carbocycles. The molecule has 6 heteroatoms. The van der Waals surface area contributed by atoms with Crippen LogP contribution >= 0.6 is 0 Å². The molecule has 160 valence electrons. The van der Waals surface area contributed by atoms with Gasteiger partial charge in [0.15, 0.2) is 11.6 Å². The molecule has 6 nitrogen and oxygen atoms in total. The highest BCUT2D eigenvalue weighted by atomic mass is 16.5. The lowest BCUT2D eigenvalue weighted by atomic mass is 9.68. The third-order valence-electron chi connectivity index (χ3n) is 6.39. The Hall–Kier alpha value is -3.85. The van der Waals surface area contributed by atoms with Gasteiger partial charge in [-0.2, -0.15) is 5.26 Å². The number of allylic oxidation sites excluding steroid dienone is 3. The van der Waals surface area contributed by atoms with E-state index < -0.39 is 5.92 Å². The van der Waals surface area contributed by atoms with Gasteiger partial charge in [0.05, 0.1) is 30.4 Å². The maximum atomic E-state index is 13.6. The fourth-order valence-corrected chi connectivity index (χ4v) is 5.05. The summed E-state index contributed by atoms with van der Waals surface area (Å²) in [6.07, 6.45) is 1.13. The quantitative estimate of drug-likeness (QED) is 0.772. The second-order valence-electron chi connectivity index (χ2n) is 9.21. The van der Waals surface area contributed by atoms with E-state index in [-0.39, 0.29) is 11.2 Å². The summed E-state index contributed by atoms with van der Waals surface area (Å²) in [5, 5.41) is 10.3. The van der Waals surface area contributed by atoms with Gasteiger partial charge in [0.1, 0.15) is 11.6 Å². The van der Waals surface area contributed by atoms with Gasteiger partial charge in [-0.1, -0.05) is 38.1 Å². The van der Waals surface area contributed by atoms with Crippen molar-refractivity contribution >= 4 is 17.3 Å². The predicted octanol–water partition coefficient (Wildman–Crippen LogP) is 4.40. The summed E-state index contributed by atoms with van der Waals surface area (Å²) >= 11 is 0. The van der Waals surface area contributed by atoms with Crippen molar-refractivity contribution < 1.29 is 9.53 Å². The molecule has 2 aromatic rings. The van der Waals surface area contributed by atoms with E-state index in [1.54, 1.807) is 7.11 Å². The fraction of sp³-hybridized carbons (Fsp3) is 0.269. The van der Waals surface area contributed by atoms with Crippen LogP contribution < -0.4 is 15.4 Å². The Bertz CT molecular complexity index is 1290. The van der Waals surface area contributed by atoms with Gasteiger partial charge in [0.25, 0.3) is 0 Å². The van der Waals surface area contributed by atoms with Crippen LogP contribution in [0, 0.1) is 16.7 Å². The van der Waals surface area contributed by atoms with Crippen molar-refractivity contribution in [3.05, 3.63) is 82.3 Å². The number of para-hydroxylation sites is 1. The van der Waals surface area contributed by atoms with Crippen LogP contribution in [0.25, 0.3) is 0 Å². The SMILES string of the molecule is COc1cccc(C2C(C#N)=C3N=C(N)c4ccccc4N3C3=C2C(=O)CC(C)(C)C3)c1. The van der Waals surface area contributed by atoms with Gasteiger partial charge in [0.2, 0.25) is 0 Å². The summed E-state index contributed by atoms with van der Waals surface area (Å²) in [6.45, 7) is 4.21. The lowest BCUT2D eigenvalue weighted by Gasteiger charge is -2.45. The standard InChI is InChI=1S/C26H24N4O2/c1-26(2)12-20-23(21(31)13-26)22(15-7-6-8-16(11-15)32-3)18(14-27)25-29-24(28)17-9-4-5-10-19(17)30(20)25/h4-11,22H,12-13H2,1-3H3,(H2,28,29). The fourth-order valence-electron chi connectivity index (χ4n) is 5.05. The number of aliphatic imine (C=N–C) groups is 1. The predicted molar refractivity (Wildman–Crippen MR) is 123 cm³/mol. The number of nitrogens with two attached hydrogens (primary N) is 1. The van der Waals surface area contributed by atoms with Crippen molar-refractivity contribution in [1.29, 1.82) is 5.26 Å². The second-order valence-corrected chi connectivity index (χ2v) is 9.21. The Balaban J connectivity index is 1.84. The van der Waals surface area contributed by atoms with Crippen LogP contribution in [0.15, 0.2) is 76.2 Å². The number of carbonyl (C=O) groups excluding carboxylic acids is 1. The zero-order valence-electron chi connectivity index (χ0n) is 18.3. The van der Waals surface area contributed by atoms with Gasteiger partial charge in [-0.3, -0.25) is 9.69 Å². The highest BCUT2D eigenvalue weighted by Crippen LogP contribution is 2.52. The molecule has 1 unspecified atom stereocenters. The molecule has 0 radical (unpaired) electrons. The van der Waals surface area contributed by atoms with Crippen LogP contribution in [0.1, 0.15) is 43.7 Å². The Kier molecular flexibility index (Phi) is 4.45. The zero-order valence-corrected chi connectivity index (χ0v) is 18.3. The summed E-state index contributed by atoms with van der Waals surface area (Å²) in [4.78, 5) is 20.2. The van der Waals surface area contributed by atoms with E-state index in [9.17, 15) is 10.1 Å². The van der Waals surface area contributed by atoms with Gasteiger partial charge >= 0.3 is 0 Å². The number of benzene rings is 2. The summed E-state index contributed by atoms with van der Waals surface area (Å²) < 4.78 is 5.42. The van der Waals surface area contributed by atoms with Crippen molar-refractivity contribution in [2.75, 3.05) is 12.0 Å². The number of ketones is 1. The van der Waals surface area contributed by atoms with Gasteiger partial charge in [-0.05, 0) is 41.7 Å². The molecule has 2 heterocycles. The first-order valence-electron chi connectivity index (χ1n) is 10.6. The average Bonchev–Trinajstić information content (AvgIpc) is 2.77. The summed E-state index contributed by atoms with van der Waals surface area (Å²) in [7, 11) is 1.60. The van der Waals surface area contributed by atoms with Gasteiger partial charge < -0.3 is 10.5 Å². The number of nitriles is 1. The number of anilines is 1. The number of rotatable bonds is 2. The van der Waals surface area contributed by atoms with Crippen LogP contribution in [-0.4, -0.2) is 18.7 Å². The number of hydrogen-bond acceptors (Lipinski definition) is 6. The summed E-state index contributed by atoms with van der Waals surface area (Å²) in [5.74, 6) is 1.10. The summed E-state index contributed by atoms with van der Waals surface area (Å²) in [6, 6.07) is 17.7. The number of amidine groups is 1. The molecule has 0 saturated heterocycles. The molecule has 0 aromatic heterocycles. The monoisotopic (exact) mass is 424 g/mol. The van der Waals surface area contributed by atoms with E-state index in [1.807, 2.05) is 53.4 Å². The molecule has 0 bridgehead atoms. The highest BCUT2D eigenvalue weighted by Gasteiger charge is 2.46. The number of methoxy groups -OCH3 is 1. The molecular weight excluding hydrogens is 400 g/mol. The minimum absolute atomic E-state index is 0.0656. The van der Waals surface area contributed by atoms with Crippen LogP contribution in [0.4, 0.5) is 5.69 Å². The number of nitrogens with zero attached hydrogens (tertiary/aromatic N) is 3. The van der Waals surface area contributed by atoms with E-state index in [1.165, 1.54) is 0 Å². The average molecular weight is 425 g/mol. The zero-order chi connectivity index (χ0) is 22.6. The van der Waals surface area contributed by atoms with E-state index in [4.69, 9.17) is 10.5 Å². The largest absolute Gasteiger partial charge is 0.497 e. The van der Waals surface area contributed by atoms with Gasteiger partial charge in [0, 0.05) is 23.3 Å². The molecule has 32 heavy (non-hydrogen) atoms. The molecule has 3 aliphatic rings. The topological polar surface area (TPSA) is 91.7 Å². The number of carbonyl (C=O) groups is 1. The van der Waals surface area contributed by atoms with Crippen LogP contribution in [0.2, 0.25) is 0 Å². The molecule has 0 fully saturated rings. The first kappa shape index (κ1) is 20.1. The number of Topliss-reactive ketones (excluding diaryl/α,β-unsaturated/α-hetero) is 1. The Morgan fingerprint density at radius 1 is 1.19 bits per heavy atom. The Morgan fingerprint density at radius 2 is 1.97 bits per heavy atom. The van der Waals surface area contributed by atoms with Crippen molar-refractivity contribution in [3.63, 3.8) is 0 Å². The normalized spacial score (nSPS) is 21.3.